The molecule has 2 aromatic carbocycles. The van der Waals surface area contributed by atoms with Gasteiger partial charge in [-0.1, -0.05) is 42.5 Å². The Morgan fingerprint density at radius 2 is 1.95 bits per heavy atom. The summed E-state index contributed by atoms with van der Waals surface area (Å²) in [5.41, 5.74) is 6.51. The molecule has 2 aromatic rings. The molecule has 2 heteroatoms. The first kappa shape index (κ1) is 14.3. The molecular weight excluding hydrogens is 258 g/mol. The second kappa shape index (κ2) is 6.42. The zero-order valence-electron chi connectivity index (χ0n) is 12.9. The molecule has 1 unspecified atom stereocenters. The molecule has 1 aliphatic heterocycles. The number of rotatable bonds is 4. The first-order valence-electron chi connectivity index (χ1n) is 7.72. The van der Waals surface area contributed by atoms with Crippen molar-refractivity contribution in [2.75, 3.05) is 13.1 Å². The average molecular weight is 281 g/mol. The zero-order chi connectivity index (χ0) is 14.7. The minimum atomic E-state index is 0.359. The fourth-order valence-electron chi connectivity index (χ4n) is 2.81. The highest BCUT2D eigenvalue weighted by atomic mass is 16.5. The van der Waals surface area contributed by atoms with Crippen LogP contribution in [0.5, 0.6) is 0 Å². The van der Waals surface area contributed by atoms with E-state index < -0.39 is 0 Å². The first-order valence-corrected chi connectivity index (χ1v) is 7.72. The predicted molar refractivity (Wildman–Crippen MR) is 87.4 cm³/mol. The van der Waals surface area contributed by atoms with Crippen LogP contribution in [0.25, 0.3) is 11.1 Å². The van der Waals surface area contributed by atoms with Gasteiger partial charge in [0.25, 0.3) is 0 Å². The van der Waals surface area contributed by atoms with E-state index in [0.717, 1.165) is 19.5 Å². The number of aryl methyl sites for hydroxylation is 2. The van der Waals surface area contributed by atoms with Crippen LogP contribution in [0.3, 0.4) is 0 Å². The quantitative estimate of drug-likeness (QED) is 0.919. The Morgan fingerprint density at radius 1 is 1.10 bits per heavy atom. The van der Waals surface area contributed by atoms with Crippen molar-refractivity contribution in [2.24, 2.45) is 0 Å². The van der Waals surface area contributed by atoms with Crippen molar-refractivity contribution in [3.05, 3.63) is 59.2 Å². The molecule has 0 amide bonds. The van der Waals surface area contributed by atoms with Gasteiger partial charge in [0.05, 0.1) is 12.7 Å². The van der Waals surface area contributed by atoms with Crippen molar-refractivity contribution >= 4 is 0 Å². The second-order valence-electron chi connectivity index (χ2n) is 5.88. The molecule has 3 rings (SSSR count). The van der Waals surface area contributed by atoms with Gasteiger partial charge in [0.1, 0.15) is 0 Å². The van der Waals surface area contributed by atoms with Gasteiger partial charge in [-0.15, -0.1) is 0 Å². The van der Waals surface area contributed by atoms with Crippen LogP contribution in [-0.2, 0) is 11.3 Å². The highest BCUT2D eigenvalue weighted by Crippen LogP contribution is 2.26. The fourth-order valence-corrected chi connectivity index (χ4v) is 2.81. The molecule has 1 fully saturated rings. The van der Waals surface area contributed by atoms with Crippen molar-refractivity contribution in [3.8, 4) is 11.1 Å². The molecule has 2 nitrogen and oxygen atoms in total. The number of ether oxygens (including phenoxy) is 1. The molecule has 1 heterocycles. The first-order chi connectivity index (χ1) is 10.2. The van der Waals surface area contributed by atoms with E-state index in [9.17, 15) is 0 Å². The average Bonchev–Trinajstić information content (AvgIpc) is 3.02. The van der Waals surface area contributed by atoms with Gasteiger partial charge in [0.2, 0.25) is 0 Å². The summed E-state index contributed by atoms with van der Waals surface area (Å²) in [6, 6.07) is 15.2. The monoisotopic (exact) mass is 281 g/mol. The normalized spacial score (nSPS) is 18.1. The second-order valence-corrected chi connectivity index (χ2v) is 5.88. The maximum absolute atomic E-state index is 6.04. The lowest BCUT2D eigenvalue weighted by molar-refractivity contribution is 0.0545. The van der Waals surface area contributed by atoms with Gasteiger partial charge in [0.15, 0.2) is 0 Å². The Labute approximate surface area is 127 Å². The summed E-state index contributed by atoms with van der Waals surface area (Å²) in [6.07, 6.45) is 1.48. The van der Waals surface area contributed by atoms with Gasteiger partial charge in [-0.05, 0) is 54.6 Å². The third-order valence-electron chi connectivity index (χ3n) is 4.32. The molecule has 0 aliphatic carbocycles. The Morgan fingerprint density at radius 3 is 2.71 bits per heavy atom. The van der Waals surface area contributed by atoms with Gasteiger partial charge in [-0.2, -0.15) is 0 Å². The van der Waals surface area contributed by atoms with E-state index in [1.54, 1.807) is 0 Å². The van der Waals surface area contributed by atoms with Crippen LogP contribution < -0.4 is 5.32 Å². The number of benzene rings is 2. The summed E-state index contributed by atoms with van der Waals surface area (Å²) in [7, 11) is 0. The van der Waals surface area contributed by atoms with Gasteiger partial charge in [-0.25, -0.2) is 0 Å². The molecule has 0 radical (unpaired) electrons. The molecule has 1 atom stereocenters. The van der Waals surface area contributed by atoms with Crippen molar-refractivity contribution < 1.29 is 4.74 Å². The molecule has 21 heavy (non-hydrogen) atoms. The van der Waals surface area contributed by atoms with Gasteiger partial charge >= 0.3 is 0 Å². The van der Waals surface area contributed by atoms with E-state index >= 15 is 0 Å². The molecule has 0 bridgehead atoms. The maximum Gasteiger partial charge on any atom is 0.0727 e. The molecular formula is C19H23NO. The third-order valence-corrected chi connectivity index (χ3v) is 4.32. The minimum absolute atomic E-state index is 0.359. The largest absolute Gasteiger partial charge is 0.372 e. The molecule has 0 saturated carbocycles. The van der Waals surface area contributed by atoms with Crippen LogP contribution in [-0.4, -0.2) is 19.2 Å². The Balaban J connectivity index is 1.82. The van der Waals surface area contributed by atoms with Gasteiger partial charge in [0, 0.05) is 6.54 Å². The van der Waals surface area contributed by atoms with Crippen molar-refractivity contribution in [1.82, 2.24) is 5.32 Å². The molecule has 1 saturated heterocycles. The van der Waals surface area contributed by atoms with Crippen molar-refractivity contribution in [2.45, 2.75) is 33.0 Å². The van der Waals surface area contributed by atoms with Crippen LogP contribution in [0.1, 0.15) is 23.1 Å². The number of hydrogen-bond donors (Lipinski definition) is 1. The Bertz CT molecular complexity index is 615. The summed E-state index contributed by atoms with van der Waals surface area (Å²) in [5, 5.41) is 3.34. The highest BCUT2D eigenvalue weighted by molar-refractivity contribution is 5.68. The van der Waals surface area contributed by atoms with E-state index in [1.165, 1.54) is 27.8 Å². The van der Waals surface area contributed by atoms with Crippen LogP contribution in [0.15, 0.2) is 42.5 Å². The van der Waals surface area contributed by atoms with Crippen molar-refractivity contribution in [3.63, 3.8) is 0 Å². The molecule has 0 spiro atoms. The van der Waals surface area contributed by atoms with Crippen LogP contribution >= 0.6 is 0 Å². The summed E-state index contributed by atoms with van der Waals surface area (Å²) in [5.74, 6) is 0. The molecule has 1 N–H and O–H groups in total. The minimum Gasteiger partial charge on any atom is -0.372 e. The lowest BCUT2D eigenvalue weighted by atomic mass is 9.97. The molecule has 1 aliphatic rings. The lowest BCUT2D eigenvalue weighted by Gasteiger charge is -2.14. The van der Waals surface area contributed by atoms with E-state index in [4.69, 9.17) is 4.74 Å². The van der Waals surface area contributed by atoms with Crippen LogP contribution in [0, 0.1) is 13.8 Å². The van der Waals surface area contributed by atoms with Gasteiger partial charge < -0.3 is 10.1 Å². The fraction of sp³-hybridized carbons (Fsp3) is 0.368. The number of nitrogens with one attached hydrogen (secondary N) is 1. The summed E-state index contributed by atoms with van der Waals surface area (Å²) < 4.78 is 6.04. The molecule has 110 valence electrons. The summed E-state index contributed by atoms with van der Waals surface area (Å²) in [4.78, 5) is 0. The smallest absolute Gasteiger partial charge is 0.0727 e. The third kappa shape index (κ3) is 3.34. The molecule has 0 aromatic heterocycles. The number of hydrogen-bond acceptors (Lipinski definition) is 2. The van der Waals surface area contributed by atoms with E-state index in [1.807, 2.05) is 0 Å². The summed E-state index contributed by atoms with van der Waals surface area (Å²) >= 11 is 0. The van der Waals surface area contributed by atoms with E-state index in [-0.39, 0.29) is 0 Å². The summed E-state index contributed by atoms with van der Waals surface area (Å²) in [6.45, 7) is 7.06. The maximum atomic E-state index is 6.04. The highest BCUT2D eigenvalue weighted by Gasteiger charge is 2.15. The zero-order valence-corrected chi connectivity index (χ0v) is 12.9. The SMILES string of the molecule is Cc1ccc(-c2ccccc2COC2CCNC2)cc1C. The van der Waals surface area contributed by atoms with Crippen LogP contribution in [0.4, 0.5) is 0 Å². The van der Waals surface area contributed by atoms with Gasteiger partial charge in [-0.3, -0.25) is 0 Å². The Kier molecular flexibility index (Phi) is 4.37. The Hall–Kier alpha value is -1.64. The standard InChI is InChI=1S/C19H23NO/c1-14-7-8-16(11-15(14)2)19-6-4-3-5-17(19)13-21-18-9-10-20-12-18/h3-8,11,18,20H,9-10,12-13H2,1-2H3. The predicted octanol–water partition coefficient (Wildman–Crippen LogP) is 3.85. The topological polar surface area (TPSA) is 21.3 Å². The van der Waals surface area contributed by atoms with Crippen LogP contribution in [0.2, 0.25) is 0 Å². The van der Waals surface area contributed by atoms with E-state index in [0.29, 0.717) is 12.7 Å². The lowest BCUT2D eigenvalue weighted by Crippen LogP contribution is -2.16. The van der Waals surface area contributed by atoms with Crippen molar-refractivity contribution in [1.29, 1.82) is 0 Å². The van der Waals surface area contributed by atoms with E-state index in [2.05, 4.69) is 61.6 Å².